The second-order valence-electron chi connectivity index (χ2n) is 4.46. The molecule has 0 fully saturated rings. The number of nitrogens with zero attached hydrogens (tertiary/aromatic N) is 3. The van der Waals surface area contributed by atoms with Gasteiger partial charge in [-0.15, -0.1) is 11.3 Å². The summed E-state index contributed by atoms with van der Waals surface area (Å²) in [7, 11) is 1.85. The molecule has 3 aromatic rings. The van der Waals surface area contributed by atoms with Crippen molar-refractivity contribution in [3.8, 4) is 22.5 Å². The van der Waals surface area contributed by atoms with Gasteiger partial charge in [-0.05, 0) is 13.0 Å². The number of nitrogens with two attached hydrogens (primary N) is 1. The molecule has 3 rings (SSSR count). The molecule has 2 aromatic heterocycles. The fourth-order valence-corrected chi connectivity index (χ4v) is 3.20. The van der Waals surface area contributed by atoms with E-state index in [4.69, 9.17) is 5.73 Å². The van der Waals surface area contributed by atoms with Crippen LogP contribution in [0.4, 0.5) is 5.82 Å². The molecule has 0 atom stereocenters. The Kier molecular flexibility index (Phi) is 3.35. The van der Waals surface area contributed by atoms with E-state index in [1.54, 1.807) is 16.0 Å². The maximum absolute atomic E-state index is 6.20. The van der Waals surface area contributed by atoms with E-state index >= 15 is 0 Å². The Bertz CT molecular complexity index is 775. The normalized spacial score (nSPS) is 10.9. The summed E-state index contributed by atoms with van der Waals surface area (Å²) >= 11 is 5.19. The van der Waals surface area contributed by atoms with Gasteiger partial charge in [0.2, 0.25) is 0 Å². The van der Waals surface area contributed by atoms with Crippen molar-refractivity contribution < 1.29 is 0 Å². The first-order valence-electron chi connectivity index (χ1n) is 6.08. The number of anilines is 1. The summed E-state index contributed by atoms with van der Waals surface area (Å²) in [5, 5.41) is 7.55. The first-order valence-corrected chi connectivity index (χ1v) is 7.75. The topological polar surface area (TPSA) is 56.7 Å². The smallest absolute Gasteiger partial charge is 0.130 e. The highest BCUT2D eigenvalue weighted by Gasteiger charge is 2.20. The van der Waals surface area contributed by atoms with Gasteiger partial charge < -0.3 is 5.73 Å². The van der Waals surface area contributed by atoms with Crippen molar-refractivity contribution in [2.24, 2.45) is 7.05 Å². The number of hydrogen-bond acceptors (Lipinski definition) is 4. The Labute approximate surface area is 129 Å². The number of aryl methyl sites for hydroxylation is 2. The highest BCUT2D eigenvalue weighted by molar-refractivity contribution is 9.10. The van der Waals surface area contributed by atoms with E-state index in [0.717, 1.165) is 32.0 Å². The quantitative estimate of drug-likeness (QED) is 0.764. The Morgan fingerprint density at radius 3 is 2.70 bits per heavy atom. The van der Waals surface area contributed by atoms with E-state index in [1.807, 2.05) is 43.6 Å². The van der Waals surface area contributed by atoms with E-state index in [9.17, 15) is 0 Å². The molecule has 0 amide bonds. The summed E-state index contributed by atoms with van der Waals surface area (Å²) in [5.74, 6) is 0.637. The molecule has 0 aliphatic carbocycles. The molecule has 0 aliphatic rings. The molecule has 20 heavy (non-hydrogen) atoms. The number of thiazole rings is 1. The minimum absolute atomic E-state index is 0.637. The average Bonchev–Trinajstić information content (AvgIpc) is 2.96. The van der Waals surface area contributed by atoms with E-state index < -0.39 is 0 Å². The first-order chi connectivity index (χ1) is 9.58. The predicted octanol–water partition coefficient (Wildman–Crippen LogP) is 3.86. The van der Waals surface area contributed by atoms with Gasteiger partial charge in [0.25, 0.3) is 0 Å². The van der Waals surface area contributed by atoms with Crippen LogP contribution in [0.3, 0.4) is 0 Å². The van der Waals surface area contributed by atoms with Crippen molar-refractivity contribution in [3.05, 3.63) is 39.1 Å². The Balaban J connectivity index is 2.28. The highest BCUT2D eigenvalue weighted by atomic mass is 79.9. The Hall–Kier alpha value is -1.66. The third kappa shape index (κ3) is 2.14. The minimum Gasteiger partial charge on any atom is -0.383 e. The van der Waals surface area contributed by atoms with Crippen molar-refractivity contribution in [1.82, 2.24) is 14.8 Å². The van der Waals surface area contributed by atoms with Crippen molar-refractivity contribution in [2.75, 3.05) is 5.73 Å². The monoisotopic (exact) mass is 348 g/mol. The molecule has 6 heteroatoms. The lowest BCUT2D eigenvalue weighted by atomic mass is 10.0. The summed E-state index contributed by atoms with van der Waals surface area (Å²) < 4.78 is 2.69. The van der Waals surface area contributed by atoms with Crippen molar-refractivity contribution in [3.63, 3.8) is 0 Å². The second kappa shape index (κ2) is 5.03. The van der Waals surface area contributed by atoms with Gasteiger partial charge in [-0.25, -0.2) is 4.98 Å². The van der Waals surface area contributed by atoms with E-state index in [-0.39, 0.29) is 0 Å². The van der Waals surface area contributed by atoms with Gasteiger partial charge in [0.05, 0.1) is 10.6 Å². The minimum atomic E-state index is 0.637. The first kappa shape index (κ1) is 13.3. The molecule has 2 heterocycles. The van der Waals surface area contributed by atoms with Crippen molar-refractivity contribution in [2.45, 2.75) is 6.92 Å². The third-order valence-electron chi connectivity index (χ3n) is 3.10. The summed E-state index contributed by atoms with van der Waals surface area (Å²) in [6.45, 7) is 1.98. The van der Waals surface area contributed by atoms with Crippen LogP contribution in [0, 0.1) is 6.92 Å². The van der Waals surface area contributed by atoms with Gasteiger partial charge in [-0.1, -0.05) is 34.1 Å². The van der Waals surface area contributed by atoms with Crippen LogP contribution < -0.4 is 5.73 Å². The lowest BCUT2D eigenvalue weighted by Gasteiger charge is -2.05. The Morgan fingerprint density at radius 1 is 1.30 bits per heavy atom. The third-order valence-corrected chi connectivity index (χ3v) is 4.56. The van der Waals surface area contributed by atoms with Crippen LogP contribution in [0.25, 0.3) is 22.5 Å². The van der Waals surface area contributed by atoms with Crippen molar-refractivity contribution >= 4 is 33.1 Å². The van der Waals surface area contributed by atoms with E-state index in [1.165, 1.54) is 0 Å². The van der Waals surface area contributed by atoms with Gasteiger partial charge in [-0.3, -0.25) is 4.68 Å². The van der Waals surface area contributed by atoms with Crippen LogP contribution in [-0.4, -0.2) is 14.8 Å². The van der Waals surface area contributed by atoms with Gasteiger partial charge in [0, 0.05) is 22.5 Å². The predicted molar refractivity (Wildman–Crippen MR) is 86.6 cm³/mol. The molecule has 0 unspecified atom stereocenters. The molecule has 2 N–H and O–H groups in total. The number of hydrogen-bond donors (Lipinski definition) is 1. The number of benzene rings is 1. The van der Waals surface area contributed by atoms with Crippen LogP contribution in [-0.2, 0) is 7.05 Å². The SMILES string of the molecule is Cc1nc(-c2nn(C)c(N)c2-c2ccccc2Br)cs1. The number of halogens is 1. The molecule has 0 aliphatic heterocycles. The lowest BCUT2D eigenvalue weighted by Crippen LogP contribution is -1.98. The zero-order valence-electron chi connectivity index (χ0n) is 11.1. The van der Waals surface area contributed by atoms with Crippen LogP contribution in [0.15, 0.2) is 34.1 Å². The van der Waals surface area contributed by atoms with Crippen LogP contribution in [0.5, 0.6) is 0 Å². The lowest BCUT2D eigenvalue weighted by molar-refractivity contribution is 0.781. The fraction of sp³-hybridized carbons (Fsp3) is 0.143. The van der Waals surface area contributed by atoms with Gasteiger partial charge in [0.15, 0.2) is 0 Å². The summed E-state index contributed by atoms with van der Waals surface area (Å²) in [5.41, 5.74) is 9.84. The van der Waals surface area contributed by atoms with Gasteiger partial charge in [0.1, 0.15) is 17.2 Å². The maximum atomic E-state index is 6.20. The molecule has 102 valence electrons. The number of aromatic nitrogens is 3. The molecule has 1 aromatic carbocycles. The molecule has 0 saturated carbocycles. The standard InChI is InChI=1S/C14H13BrN4S/c1-8-17-11(7-20-8)13-12(14(16)19(2)18-13)9-5-3-4-6-10(9)15/h3-7H,16H2,1-2H3. The zero-order valence-corrected chi connectivity index (χ0v) is 13.5. The second-order valence-corrected chi connectivity index (χ2v) is 6.38. The number of nitrogen functional groups attached to an aromatic ring is 1. The molecule has 4 nitrogen and oxygen atoms in total. The van der Waals surface area contributed by atoms with Gasteiger partial charge >= 0.3 is 0 Å². The number of rotatable bonds is 2. The molecule has 0 radical (unpaired) electrons. The molecule has 0 saturated heterocycles. The van der Waals surface area contributed by atoms with Crippen LogP contribution >= 0.6 is 27.3 Å². The average molecular weight is 349 g/mol. The summed E-state index contributed by atoms with van der Waals surface area (Å²) in [4.78, 5) is 4.52. The fourth-order valence-electron chi connectivity index (χ4n) is 2.12. The highest BCUT2D eigenvalue weighted by Crippen LogP contribution is 2.39. The summed E-state index contributed by atoms with van der Waals surface area (Å²) in [6, 6.07) is 7.99. The molecule has 0 spiro atoms. The van der Waals surface area contributed by atoms with Crippen molar-refractivity contribution in [1.29, 1.82) is 0 Å². The molecular formula is C14H13BrN4S. The van der Waals surface area contributed by atoms with Crippen LogP contribution in [0.2, 0.25) is 0 Å². The maximum Gasteiger partial charge on any atom is 0.130 e. The van der Waals surface area contributed by atoms with E-state index in [2.05, 4.69) is 26.0 Å². The Morgan fingerprint density at radius 2 is 2.05 bits per heavy atom. The zero-order chi connectivity index (χ0) is 14.3. The summed E-state index contributed by atoms with van der Waals surface area (Å²) in [6.07, 6.45) is 0. The van der Waals surface area contributed by atoms with E-state index in [0.29, 0.717) is 5.82 Å². The van der Waals surface area contributed by atoms with Crippen LogP contribution in [0.1, 0.15) is 5.01 Å². The van der Waals surface area contributed by atoms with Gasteiger partial charge in [-0.2, -0.15) is 5.10 Å². The largest absolute Gasteiger partial charge is 0.383 e. The molecule has 0 bridgehead atoms. The molecular weight excluding hydrogens is 336 g/mol.